The van der Waals surface area contributed by atoms with E-state index >= 15 is 0 Å². The molecule has 0 aromatic heterocycles. The Labute approximate surface area is 99.5 Å². The average Bonchev–Trinajstić information content (AvgIpc) is 2.65. The van der Waals surface area contributed by atoms with Crippen molar-refractivity contribution in [1.29, 1.82) is 0 Å². The highest BCUT2D eigenvalue weighted by molar-refractivity contribution is 7.89. The molecule has 1 atom stereocenters. The highest BCUT2D eigenvalue weighted by Crippen LogP contribution is 2.16. The first kappa shape index (κ1) is 13.9. The van der Waals surface area contributed by atoms with Crippen molar-refractivity contribution >= 4 is 10.0 Å². The van der Waals surface area contributed by atoms with Gasteiger partial charge in [0.25, 0.3) is 0 Å². The lowest BCUT2D eigenvalue weighted by atomic mass is 10.2. The Kier molecular flexibility index (Phi) is 4.76. The Balaban J connectivity index is 2.74. The van der Waals surface area contributed by atoms with Crippen LogP contribution in [0.5, 0.6) is 0 Å². The lowest BCUT2D eigenvalue weighted by Crippen LogP contribution is -2.47. The van der Waals surface area contributed by atoms with Crippen LogP contribution in [-0.2, 0) is 10.0 Å². The Hall–Kier alpha value is -0.130. The molecule has 0 bridgehead atoms. The molecule has 1 heterocycles. The maximum atomic E-state index is 12.2. The Morgan fingerprint density at radius 3 is 2.31 bits per heavy atom. The summed E-state index contributed by atoms with van der Waals surface area (Å²) in [5, 5.41) is 3.01. The fourth-order valence-corrected chi connectivity index (χ4v) is 3.53. The summed E-state index contributed by atoms with van der Waals surface area (Å²) >= 11 is 0. The van der Waals surface area contributed by atoms with Gasteiger partial charge in [0.05, 0.1) is 5.25 Å². The highest BCUT2D eigenvalue weighted by atomic mass is 32.2. The van der Waals surface area contributed by atoms with Crippen LogP contribution in [-0.4, -0.2) is 43.1 Å². The fraction of sp³-hybridized carbons (Fsp3) is 1.00. The lowest BCUT2D eigenvalue weighted by molar-refractivity contribution is 0.320. The summed E-state index contributed by atoms with van der Waals surface area (Å²) in [7, 11) is -3.13. The van der Waals surface area contributed by atoms with Crippen LogP contribution in [0.15, 0.2) is 0 Å². The van der Waals surface area contributed by atoms with Crippen molar-refractivity contribution in [3.63, 3.8) is 0 Å². The van der Waals surface area contributed by atoms with E-state index in [1.54, 1.807) is 18.2 Å². The minimum Gasteiger partial charge on any atom is -0.313 e. The van der Waals surface area contributed by atoms with Crippen LogP contribution >= 0.6 is 0 Å². The van der Waals surface area contributed by atoms with E-state index in [0.29, 0.717) is 12.6 Å². The highest BCUT2D eigenvalue weighted by Gasteiger charge is 2.30. The van der Waals surface area contributed by atoms with Crippen LogP contribution in [0.25, 0.3) is 0 Å². The minimum atomic E-state index is -3.13. The van der Waals surface area contributed by atoms with Crippen molar-refractivity contribution in [2.75, 3.05) is 13.1 Å². The first-order valence-corrected chi connectivity index (χ1v) is 7.60. The zero-order valence-electron chi connectivity index (χ0n) is 10.7. The van der Waals surface area contributed by atoms with Gasteiger partial charge in [-0.05, 0) is 47.1 Å². The molecule has 1 unspecified atom stereocenters. The van der Waals surface area contributed by atoms with Crippen molar-refractivity contribution < 1.29 is 8.42 Å². The largest absolute Gasteiger partial charge is 0.313 e. The molecule has 1 saturated heterocycles. The van der Waals surface area contributed by atoms with Crippen molar-refractivity contribution in [2.45, 2.75) is 57.9 Å². The molecular formula is C11H24N2O2S. The zero-order valence-corrected chi connectivity index (χ0v) is 11.5. The van der Waals surface area contributed by atoms with Gasteiger partial charge in [-0.25, -0.2) is 8.42 Å². The number of nitrogens with one attached hydrogen (secondary N) is 1. The van der Waals surface area contributed by atoms with Gasteiger partial charge in [-0.2, -0.15) is 4.31 Å². The first-order valence-electron chi connectivity index (χ1n) is 6.09. The Bertz CT molecular complexity index is 306. The lowest BCUT2D eigenvalue weighted by Gasteiger charge is -2.30. The van der Waals surface area contributed by atoms with Crippen molar-refractivity contribution in [1.82, 2.24) is 9.62 Å². The normalized spacial score (nSPS) is 22.6. The van der Waals surface area contributed by atoms with E-state index in [1.807, 2.05) is 13.8 Å². The third-order valence-electron chi connectivity index (χ3n) is 3.06. The quantitative estimate of drug-likeness (QED) is 0.795. The second kappa shape index (κ2) is 5.47. The monoisotopic (exact) mass is 248 g/mol. The van der Waals surface area contributed by atoms with Gasteiger partial charge in [-0.15, -0.1) is 0 Å². The van der Waals surface area contributed by atoms with Gasteiger partial charge in [-0.3, -0.25) is 0 Å². The topological polar surface area (TPSA) is 49.4 Å². The van der Waals surface area contributed by atoms with E-state index in [0.717, 1.165) is 19.4 Å². The summed E-state index contributed by atoms with van der Waals surface area (Å²) in [5.74, 6) is 0. The molecule has 0 aromatic rings. The first-order chi connectivity index (χ1) is 7.35. The van der Waals surface area contributed by atoms with Crippen LogP contribution in [0.4, 0.5) is 0 Å². The number of nitrogens with zero attached hydrogens (tertiary/aromatic N) is 1. The van der Waals surface area contributed by atoms with E-state index in [1.165, 1.54) is 0 Å². The molecule has 1 N–H and O–H groups in total. The second-order valence-corrected chi connectivity index (χ2v) is 7.49. The third kappa shape index (κ3) is 3.18. The van der Waals surface area contributed by atoms with E-state index in [4.69, 9.17) is 0 Å². The SMILES string of the molecule is CC(C)N(CC1CCCN1)S(=O)(=O)C(C)C. The zero-order chi connectivity index (χ0) is 12.3. The molecule has 5 heteroatoms. The molecular weight excluding hydrogens is 224 g/mol. The molecule has 0 amide bonds. The number of sulfonamides is 1. The number of rotatable bonds is 5. The molecule has 0 aromatic carbocycles. The van der Waals surface area contributed by atoms with Gasteiger partial charge in [0.1, 0.15) is 0 Å². The summed E-state index contributed by atoms with van der Waals surface area (Å²) in [4.78, 5) is 0. The molecule has 1 rings (SSSR count). The molecule has 1 fully saturated rings. The van der Waals surface area contributed by atoms with Crippen LogP contribution in [0, 0.1) is 0 Å². The molecule has 4 nitrogen and oxygen atoms in total. The van der Waals surface area contributed by atoms with E-state index < -0.39 is 10.0 Å². The molecule has 1 aliphatic rings. The number of hydrogen-bond acceptors (Lipinski definition) is 3. The van der Waals surface area contributed by atoms with Crippen molar-refractivity contribution in [3.05, 3.63) is 0 Å². The van der Waals surface area contributed by atoms with Crippen LogP contribution < -0.4 is 5.32 Å². The third-order valence-corrected chi connectivity index (χ3v) is 5.48. The predicted octanol–water partition coefficient (Wildman–Crippen LogP) is 1.19. The fourth-order valence-electron chi connectivity index (χ4n) is 2.01. The van der Waals surface area contributed by atoms with Gasteiger partial charge in [0.15, 0.2) is 0 Å². The van der Waals surface area contributed by atoms with E-state index in [2.05, 4.69) is 5.32 Å². The minimum absolute atomic E-state index is 0.0369. The van der Waals surface area contributed by atoms with Crippen molar-refractivity contribution in [3.8, 4) is 0 Å². The molecule has 0 saturated carbocycles. The smallest absolute Gasteiger partial charge is 0.216 e. The average molecular weight is 248 g/mol. The van der Waals surface area contributed by atoms with Crippen LogP contribution in [0.2, 0.25) is 0 Å². The number of hydrogen-bond donors (Lipinski definition) is 1. The Morgan fingerprint density at radius 2 is 1.94 bits per heavy atom. The van der Waals surface area contributed by atoms with Crippen LogP contribution in [0.1, 0.15) is 40.5 Å². The second-order valence-electron chi connectivity index (χ2n) is 5.05. The summed E-state index contributed by atoms with van der Waals surface area (Å²) in [6, 6.07) is 0.366. The van der Waals surface area contributed by atoms with E-state index in [9.17, 15) is 8.42 Å². The molecule has 0 aliphatic carbocycles. The molecule has 0 spiro atoms. The summed E-state index contributed by atoms with van der Waals surface area (Å²) in [5.41, 5.74) is 0. The van der Waals surface area contributed by atoms with Gasteiger partial charge in [0.2, 0.25) is 10.0 Å². The van der Waals surface area contributed by atoms with Crippen molar-refractivity contribution in [2.24, 2.45) is 0 Å². The maximum Gasteiger partial charge on any atom is 0.216 e. The summed E-state index contributed by atoms with van der Waals surface area (Å²) < 4.78 is 26.0. The predicted molar refractivity (Wildman–Crippen MR) is 66.9 cm³/mol. The van der Waals surface area contributed by atoms with E-state index in [-0.39, 0.29) is 11.3 Å². The molecule has 1 aliphatic heterocycles. The molecule has 96 valence electrons. The van der Waals surface area contributed by atoms with Crippen LogP contribution in [0.3, 0.4) is 0 Å². The van der Waals surface area contributed by atoms with Gasteiger partial charge in [-0.1, -0.05) is 0 Å². The summed E-state index contributed by atoms with van der Waals surface area (Å²) in [6.07, 6.45) is 2.23. The van der Waals surface area contributed by atoms with Gasteiger partial charge in [0, 0.05) is 18.6 Å². The standard InChI is InChI=1S/C11H24N2O2S/c1-9(2)13(16(14,15)10(3)4)8-11-6-5-7-12-11/h9-12H,5-8H2,1-4H3. The molecule has 0 radical (unpaired) electrons. The maximum absolute atomic E-state index is 12.2. The summed E-state index contributed by atoms with van der Waals surface area (Å²) in [6.45, 7) is 8.99. The Morgan fingerprint density at radius 1 is 1.31 bits per heavy atom. The van der Waals surface area contributed by atoms with Gasteiger partial charge < -0.3 is 5.32 Å². The molecule has 16 heavy (non-hydrogen) atoms. The van der Waals surface area contributed by atoms with Gasteiger partial charge >= 0.3 is 0 Å².